The maximum atomic E-state index is 12.9. The van der Waals surface area contributed by atoms with Gasteiger partial charge in [0.2, 0.25) is 0 Å². The summed E-state index contributed by atoms with van der Waals surface area (Å²) in [4.78, 5) is 0. The number of benzene rings is 2. The molecule has 0 radical (unpaired) electrons. The van der Waals surface area contributed by atoms with Gasteiger partial charge in [0, 0.05) is 26.2 Å². The first-order valence-corrected chi connectivity index (χ1v) is 6.20. The Kier molecular flexibility index (Phi) is 4.13. The summed E-state index contributed by atoms with van der Waals surface area (Å²) in [6.45, 7) is 0. The quantitative estimate of drug-likeness (QED) is 0.839. The molecule has 94 valence electrons. The van der Waals surface area contributed by atoms with Gasteiger partial charge in [0.25, 0.3) is 0 Å². The summed E-state index contributed by atoms with van der Waals surface area (Å²) < 4.78 is 12.9. The topological polar surface area (TPSA) is 20.2 Å². The van der Waals surface area contributed by atoms with Crippen LogP contribution in [0.1, 0.15) is 17.2 Å². The Hall–Kier alpha value is -0.800. The van der Waals surface area contributed by atoms with E-state index in [4.69, 9.17) is 34.8 Å². The van der Waals surface area contributed by atoms with Gasteiger partial charge in [-0.05, 0) is 30.3 Å². The van der Waals surface area contributed by atoms with Gasteiger partial charge in [0.05, 0.1) is 0 Å². The highest BCUT2D eigenvalue weighted by Gasteiger charge is 2.17. The van der Waals surface area contributed by atoms with E-state index in [0.717, 1.165) is 6.07 Å². The Balaban J connectivity index is 2.47. The van der Waals surface area contributed by atoms with Crippen LogP contribution < -0.4 is 0 Å². The molecule has 18 heavy (non-hydrogen) atoms. The second-order valence-corrected chi connectivity index (χ2v) is 4.99. The molecule has 0 spiro atoms. The summed E-state index contributed by atoms with van der Waals surface area (Å²) in [5, 5.41) is 11.2. The lowest BCUT2D eigenvalue weighted by Crippen LogP contribution is -2.01. The fourth-order valence-electron chi connectivity index (χ4n) is 1.61. The van der Waals surface area contributed by atoms with Crippen molar-refractivity contribution in [2.45, 2.75) is 6.10 Å². The Morgan fingerprint density at radius 1 is 0.889 bits per heavy atom. The Bertz CT molecular complexity index is 586. The van der Waals surface area contributed by atoms with Crippen LogP contribution in [-0.4, -0.2) is 5.11 Å². The fourth-order valence-corrected chi connectivity index (χ4v) is 2.29. The molecule has 0 amide bonds. The molecule has 5 heteroatoms. The van der Waals surface area contributed by atoms with Crippen molar-refractivity contribution in [3.05, 3.63) is 68.4 Å². The SMILES string of the molecule is OC(c1ccc(F)cc1Cl)c1cc(Cl)ccc1Cl. The zero-order valence-corrected chi connectivity index (χ0v) is 11.3. The van der Waals surface area contributed by atoms with Gasteiger partial charge in [-0.2, -0.15) is 0 Å². The summed E-state index contributed by atoms with van der Waals surface area (Å²) in [6, 6.07) is 8.53. The average Bonchev–Trinajstić information content (AvgIpc) is 2.31. The van der Waals surface area contributed by atoms with E-state index in [9.17, 15) is 9.50 Å². The fraction of sp³-hybridized carbons (Fsp3) is 0.0769. The van der Waals surface area contributed by atoms with Gasteiger partial charge < -0.3 is 5.11 Å². The second-order valence-electron chi connectivity index (χ2n) is 3.73. The smallest absolute Gasteiger partial charge is 0.124 e. The van der Waals surface area contributed by atoms with Crippen molar-refractivity contribution in [1.82, 2.24) is 0 Å². The zero-order valence-electron chi connectivity index (χ0n) is 9.00. The molecule has 2 aromatic rings. The van der Waals surface area contributed by atoms with Crippen LogP contribution in [0.3, 0.4) is 0 Å². The van der Waals surface area contributed by atoms with Gasteiger partial charge in [-0.1, -0.05) is 40.9 Å². The summed E-state index contributed by atoms with van der Waals surface area (Å²) in [5.41, 5.74) is 0.805. The molecule has 0 heterocycles. The first kappa shape index (κ1) is 13.6. The van der Waals surface area contributed by atoms with Crippen molar-refractivity contribution in [3.63, 3.8) is 0 Å². The zero-order chi connectivity index (χ0) is 13.3. The highest BCUT2D eigenvalue weighted by atomic mass is 35.5. The van der Waals surface area contributed by atoms with Crippen molar-refractivity contribution in [3.8, 4) is 0 Å². The van der Waals surface area contributed by atoms with E-state index in [1.54, 1.807) is 18.2 Å². The van der Waals surface area contributed by atoms with Crippen molar-refractivity contribution in [2.24, 2.45) is 0 Å². The molecule has 0 fully saturated rings. The summed E-state index contributed by atoms with van der Waals surface area (Å²) in [5.74, 6) is -0.465. The van der Waals surface area contributed by atoms with Crippen LogP contribution in [0.5, 0.6) is 0 Å². The van der Waals surface area contributed by atoms with E-state index in [-0.39, 0.29) is 5.02 Å². The maximum Gasteiger partial charge on any atom is 0.124 e. The Morgan fingerprint density at radius 3 is 2.28 bits per heavy atom. The molecule has 2 rings (SSSR count). The summed E-state index contributed by atoms with van der Waals surface area (Å²) in [7, 11) is 0. The van der Waals surface area contributed by atoms with E-state index in [1.807, 2.05) is 0 Å². The molecule has 0 aliphatic carbocycles. The summed E-state index contributed by atoms with van der Waals surface area (Å²) in [6.07, 6.45) is -1.05. The van der Waals surface area contributed by atoms with Crippen LogP contribution in [0, 0.1) is 5.82 Å². The van der Waals surface area contributed by atoms with E-state index in [2.05, 4.69) is 0 Å². The van der Waals surface area contributed by atoms with Gasteiger partial charge in [-0.25, -0.2) is 4.39 Å². The number of hydrogen-bond acceptors (Lipinski definition) is 1. The first-order valence-electron chi connectivity index (χ1n) is 5.07. The van der Waals surface area contributed by atoms with Crippen molar-refractivity contribution >= 4 is 34.8 Å². The van der Waals surface area contributed by atoms with Crippen molar-refractivity contribution in [1.29, 1.82) is 0 Å². The van der Waals surface area contributed by atoms with Crippen LogP contribution in [0.2, 0.25) is 15.1 Å². The average molecular weight is 306 g/mol. The van der Waals surface area contributed by atoms with Crippen molar-refractivity contribution < 1.29 is 9.50 Å². The highest BCUT2D eigenvalue weighted by molar-refractivity contribution is 6.34. The minimum absolute atomic E-state index is 0.138. The second kappa shape index (κ2) is 5.45. The molecule has 1 nitrogen and oxygen atoms in total. The highest BCUT2D eigenvalue weighted by Crippen LogP contribution is 2.33. The van der Waals surface area contributed by atoms with Crippen LogP contribution in [0.15, 0.2) is 36.4 Å². The van der Waals surface area contributed by atoms with Crippen molar-refractivity contribution in [2.75, 3.05) is 0 Å². The third kappa shape index (κ3) is 2.78. The predicted octanol–water partition coefficient (Wildman–Crippen LogP) is 4.87. The number of hydrogen-bond donors (Lipinski definition) is 1. The van der Waals surface area contributed by atoms with Crippen LogP contribution >= 0.6 is 34.8 Å². The monoisotopic (exact) mass is 304 g/mol. The molecule has 0 bridgehead atoms. The minimum atomic E-state index is -1.05. The number of aliphatic hydroxyl groups excluding tert-OH is 1. The van der Waals surface area contributed by atoms with Gasteiger partial charge in [-0.15, -0.1) is 0 Å². The number of halogens is 4. The molecule has 2 aromatic carbocycles. The van der Waals surface area contributed by atoms with Gasteiger partial charge >= 0.3 is 0 Å². The van der Waals surface area contributed by atoms with E-state index in [0.29, 0.717) is 21.2 Å². The molecule has 0 aliphatic rings. The lowest BCUT2D eigenvalue weighted by Gasteiger charge is -2.15. The maximum absolute atomic E-state index is 12.9. The van der Waals surface area contributed by atoms with E-state index in [1.165, 1.54) is 12.1 Å². The van der Waals surface area contributed by atoms with Crippen LogP contribution in [0.25, 0.3) is 0 Å². The van der Waals surface area contributed by atoms with Gasteiger partial charge in [0.15, 0.2) is 0 Å². The molecule has 1 N–H and O–H groups in total. The standard InChI is InChI=1S/C13H8Cl3FO/c14-7-1-4-11(15)10(5-7)13(18)9-3-2-8(17)6-12(9)16/h1-6,13,18H. The molecule has 1 atom stereocenters. The normalized spacial score (nSPS) is 12.5. The molecule has 1 unspecified atom stereocenters. The molecule has 0 saturated heterocycles. The third-order valence-corrected chi connectivity index (χ3v) is 3.42. The lowest BCUT2D eigenvalue weighted by molar-refractivity contribution is 0.220. The Morgan fingerprint density at radius 2 is 1.61 bits per heavy atom. The number of aliphatic hydroxyl groups is 1. The summed E-state index contributed by atoms with van der Waals surface area (Å²) >= 11 is 17.7. The first-order chi connectivity index (χ1) is 8.49. The third-order valence-electron chi connectivity index (χ3n) is 2.51. The minimum Gasteiger partial charge on any atom is -0.384 e. The molecule has 0 aliphatic heterocycles. The largest absolute Gasteiger partial charge is 0.384 e. The number of rotatable bonds is 2. The predicted molar refractivity (Wildman–Crippen MR) is 71.9 cm³/mol. The van der Waals surface area contributed by atoms with Crippen LogP contribution in [-0.2, 0) is 0 Å². The van der Waals surface area contributed by atoms with E-state index >= 15 is 0 Å². The molecule has 0 saturated carbocycles. The molecular weight excluding hydrogens is 297 g/mol. The van der Waals surface area contributed by atoms with E-state index < -0.39 is 11.9 Å². The lowest BCUT2D eigenvalue weighted by atomic mass is 10.0. The van der Waals surface area contributed by atoms with Gasteiger partial charge in [-0.3, -0.25) is 0 Å². The van der Waals surface area contributed by atoms with Gasteiger partial charge in [0.1, 0.15) is 11.9 Å². The Labute approximate surface area is 119 Å². The molecule has 0 aromatic heterocycles. The molecular formula is C13H8Cl3FO. The van der Waals surface area contributed by atoms with Crippen LogP contribution in [0.4, 0.5) is 4.39 Å².